The zero-order chi connectivity index (χ0) is 10.3. The van der Waals surface area contributed by atoms with Crippen LogP contribution in [-0.4, -0.2) is 25.0 Å². The number of rotatable bonds is 7. The molecule has 0 aliphatic heterocycles. The van der Waals surface area contributed by atoms with E-state index in [9.17, 15) is 0 Å². The minimum atomic E-state index is -1.79. The minimum absolute atomic E-state index is 0.776. The van der Waals surface area contributed by atoms with Crippen LogP contribution in [0.5, 0.6) is 0 Å². The van der Waals surface area contributed by atoms with Crippen molar-refractivity contribution in [1.82, 2.24) is 0 Å². The second-order valence-electron chi connectivity index (χ2n) is 3.71. The van der Waals surface area contributed by atoms with Gasteiger partial charge in [0.1, 0.15) is 0 Å². The Bertz CT molecular complexity index is 142. The van der Waals surface area contributed by atoms with Crippen LogP contribution >= 0.6 is 0 Å². The van der Waals surface area contributed by atoms with Gasteiger partial charge in [-0.15, -0.1) is 0 Å². The van der Waals surface area contributed by atoms with Gasteiger partial charge in [0.05, 0.1) is 0 Å². The molecule has 0 aliphatic carbocycles. The first-order valence-electron chi connectivity index (χ1n) is 5.44. The molecule has 0 N–H and O–H groups in total. The molecule has 0 aromatic rings. The fourth-order valence-corrected chi connectivity index (χ4v) is 10.9. The molecule has 0 rings (SSSR count). The van der Waals surface area contributed by atoms with Gasteiger partial charge in [0.15, 0.2) is 0 Å². The normalized spacial score (nSPS) is 11.4. The maximum absolute atomic E-state index is 5.46. The molecule has 0 saturated heterocycles. The van der Waals surface area contributed by atoms with Gasteiger partial charge in [0.2, 0.25) is 0 Å². The van der Waals surface area contributed by atoms with Gasteiger partial charge in [-0.25, -0.2) is 0 Å². The van der Waals surface area contributed by atoms with Crippen LogP contribution in [0, 0.1) is 0 Å². The van der Waals surface area contributed by atoms with E-state index in [2.05, 4.69) is 27.4 Å². The van der Waals surface area contributed by atoms with Crippen LogP contribution < -0.4 is 0 Å². The maximum atomic E-state index is 5.46. The van der Waals surface area contributed by atoms with E-state index in [1.807, 2.05) is 6.92 Å². The van der Waals surface area contributed by atoms with Gasteiger partial charge in [-0.3, -0.25) is 0 Å². The first kappa shape index (κ1) is 13.3. The van der Waals surface area contributed by atoms with Crippen LogP contribution in [0.15, 0.2) is 12.3 Å². The average Bonchev–Trinajstić information content (AvgIpc) is 2.15. The summed E-state index contributed by atoms with van der Waals surface area (Å²) in [6.07, 6.45) is 0. The van der Waals surface area contributed by atoms with Gasteiger partial charge in [-0.1, -0.05) is 0 Å². The molecular weight excluding hydrogens is 267 g/mol. The number of allylic oxidation sites excluding steroid dienone is 1. The van der Waals surface area contributed by atoms with Gasteiger partial charge in [0.25, 0.3) is 0 Å². The van der Waals surface area contributed by atoms with Crippen LogP contribution in [-0.2, 0) is 4.74 Å². The molecule has 1 nitrogen and oxygen atoms in total. The molecule has 0 bridgehead atoms. The molecule has 0 amide bonds. The summed E-state index contributed by atoms with van der Waals surface area (Å²) < 4.78 is 11.0. The number of hydrogen-bond acceptors (Lipinski definition) is 1. The molecule has 0 spiro atoms. The molecule has 0 aliphatic rings. The molecule has 0 heterocycles. The SMILES string of the molecule is C=C([CH2][Sn]([CH2]C)([CH2]C)[CH2]C)OCC. The van der Waals surface area contributed by atoms with E-state index in [4.69, 9.17) is 4.74 Å². The molecule has 0 aromatic heterocycles. The molecule has 0 unspecified atom stereocenters. The standard InChI is InChI=1S/C5H9O.3C2H5.Sn/c1-4-6-5(2)3;3*1-2;/h2-4H2,1H3;3*1H2,2H3;. The summed E-state index contributed by atoms with van der Waals surface area (Å²) in [6, 6.07) is 0. The van der Waals surface area contributed by atoms with Gasteiger partial charge in [0, 0.05) is 0 Å². The van der Waals surface area contributed by atoms with Crippen molar-refractivity contribution in [2.75, 3.05) is 6.61 Å². The molecule has 0 saturated carbocycles. The van der Waals surface area contributed by atoms with Crippen molar-refractivity contribution in [3.8, 4) is 0 Å². The Labute approximate surface area is 87.4 Å². The predicted octanol–water partition coefficient (Wildman–Crippen LogP) is 4.05. The van der Waals surface area contributed by atoms with E-state index in [1.165, 1.54) is 17.7 Å². The van der Waals surface area contributed by atoms with Crippen molar-refractivity contribution < 1.29 is 4.74 Å². The number of ether oxygens (including phenoxy) is 1. The average molecular weight is 291 g/mol. The summed E-state index contributed by atoms with van der Waals surface area (Å²) in [4.78, 5) is 0. The van der Waals surface area contributed by atoms with Crippen LogP contribution in [0.1, 0.15) is 27.7 Å². The first-order valence-corrected chi connectivity index (χ1v) is 13.5. The molecule has 0 radical (unpaired) electrons. The van der Waals surface area contributed by atoms with E-state index in [0.29, 0.717) is 0 Å². The summed E-state index contributed by atoms with van der Waals surface area (Å²) in [5, 5.41) is 0. The van der Waals surface area contributed by atoms with E-state index < -0.39 is 18.4 Å². The van der Waals surface area contributed by atoms with E-state index in [0.717, 1.165) is 12.4 Å². The second kappa shape index (κ2) is 6.74. The molecular formula is C11H24OSn. The van der Waals surface area contributed by atoms with Crippen LogP contribution in [0.25, 0.3) is 0 Å². The van der Waals surface area contributed by atoms with E-state index in [-0.39, 0.29) is 0 Å². The Balaban J connectivity index is 4.16. The van der Waals surface area contributed by atoms with Gasteiger partial charge >= 0.3 is 87.5 Å². The second-order valence-corrected chi connectivity index (χ2v) is 19.3. The van der Waals surface area contributed by atoms with Crippen molar-refractivity contribution in [3.63, 3.8) is 0 Å². The molecule has 78 valence electrons. The quantitative estimate of drug-likeness (QED) is 0.508. The summed E-state index contributed by atoms with van der Waals surface area (Å²) in [7, 11) is 0. The third-order valence-electron chi connectivity index (χ3n) is 3.17. The fraction of sp³-hybridized carbons (Fsp3) is 0.818. The monoisotopic (exact) mass is 292 g/mol. The molecule has 2 heteroatoms. The summed E-state index contributed by atoms with van der Waals surface area (Å²) in [5.41, 5.74) is 0. The Kier molecular flexibility index (Phi) is 6.92. The summed E-state index contributed by atoms with van der Waals surface area (Å²) in [6.45, 7) is 13.9. The summed E-state index contributed by atoms with van der Waals surface area (Å²) in [5.74, 6) is 1.05. The third kappa shape index (κ3) is 4.39. The number of hydrogen-bond donors (Lipinski definition) is 0. The van der Waals surface area contributed by atoms with Gasteiger partial charge in [-0.05, 0) is 0 Å². The Morgan fingerprint density at radius 3 is 1.85 bits per heavy atom. The van der Waals surface area contributed by atoms with Crippen molar-refractivity contribution >= 4 is 18.4 Å². The zero-order valence-corrected chi connectivity index (χ0v) is 12.5. The molecule has 13 heavy (non-hydrogen) atoms. The molecule has 0 fully saturated rings. The molecule has 0 aromatic carbocycles. The van der Waals surface area contributed by atoms with Crippen molar-refractivity contribution in [3.05, 3.63) is 12.3 Å². The van der Waals surface area contributed by atoms with Crippen LogP contribution in [0.3, 0.4) is 0 Å². The molecule has 0 atom stereocenters. The van der Waals surface area contributed by atoms with Crippen molar-refractivity contribution in [2.45, 2.75) is 45.4 Å². The Hall–Kier alpha value is 0.339. The van der Waals surface area contributed by atoms with Crippen LogP contribution in [0.4, 0.5) is 0 Å². The first-order chi connectivity index (χ1) is 6.14. The topological polar surface area (TPSA) is 9.23 Å². The Morgan fingerprint density at radius 2 is 1.54 bits per heavy atom. The van der Waals surface area contributed by atoms with E-state index in [1.54, 1.807) is 0 Å². The van der Waals surface area contributed by atoms with Crippen molar-refractivity contribution in [1.29, 1.82) is 0 Å². The van der Waals surface area contributed by atoms with Crippen LogP contribution in [0.2, 0.25) is 17.7 Å². The van der Waals surface area contributed by atoms with E-state index >= 15 is 0 Å². The fourth-order valence-electron chi connectivity index (χ4n) is 1.80. The zero-order valence-electron chi connectivity index (χ0n) is 9.65. The Morgan fingerprint density at radius 1 is 1.08 bits per heavy atom. The van der Waals surface area contributed by atoms with Gasteiger partial charge in [-0.2, -0.15) is 0 Å². The predicted molar refractivity (Wildman–Crippen MR) is 62.8 cm³/mol. The van der Waals surface area contributed by atoms with Crippen molar-refractivity contribution in [2.24, 2.45) is 0 Å². The summed E-state index contributed by atoms with van der Waals surface area (Å²) >= 11 is -1.79. The third-order valence-corrected chi connectivity index (χ3v) is 19.3. The van der Waals surface area contributed by atoms with Gasteiger partial charge < -0.3 is 0 Å².